The smallest absolute Gasteiger partial charge is 0.305 e. The lowest BCUT2D eigenvalue weighted by Gasteiger charge is -2.36. The van der Waals surface area contributed by atoms with E-state index in [1.807, 2.05) is 0 Å². The van der Waals surface area contributed by atoms with Crippen LogP contribution in [0.3, 0.4) is 0 Å². The van der Waals surface area contributed by atoms with E-state index < -0.39 is 11.5 Å². The number of piperidine rings is 1. The van der Waals surface area contributed by atoms with E-state index in [9.17, 15) is 9.59 Å². The van der Waals surface area contributed by atoms with Crippen molar-refractivity contribution < 1.29 is 14.7 Å². The molecular formula is C9H16N2O3. The predicted octanol–water partition coefficient (Wildman–Crippen LogP) is -0.281. The lowest BCUT2D eigenvalue weighted by Crippen LogP contribution is -2.55. The van der Waals surface area contributed by atoms with Crippen LogP contribution in [-0.2, 0) is 9.59 Å². The Morgan fingerprint density at radius 1 is 1.43 bits per heavy atom. The van der Waals surface area contributed by atoms with Gasteiger partial charge in [0.15, 0.2) is 0 Å². The molecule has 0 aromatic heterocycles. The molecule has 0 bridgehead atoms. The number of carbonyl (C=O) groups is 2. The van der Waals surface area contributed by atoms with Crippen molar-refractivity contribution in [2.45, 2.75) is 31.7 Å². The third-order valence-corrected chi connectivity index (χ3v) is 2.49. The number of hydrogen-bond acceptors (Lipinski definition) is 3. The van der Waals surface area contributed by atoms with E-state index in [1.54, 1.807) is 0 Å². The highest BCUT2D eigenvalue weighted by atomic mass is 16.4. The third kappa shape index (κ3) is 2.99. The van der Waals surface area contributed by atoms with Crippen molar-refractivity contribution in [1.82, 2.24) is 10.6 Å². The van der Waals surface area contributed by atoms with Crippen molar-refractivity contribution in [1.29, 1.82) is 0 Å². The zero-order chi connectivity index (χ0) is 10.6. The van der Waals surface area contributed by atoms with Gasteiger partial charge in [0, 0.05) is 6.92 Å². The van der Waals surface area contributed by atoms with Crippen LogP contribution in [0.4, 0.5) is 0 Å². The van der Waals surface area contributed by atoms with Crippen LogP contribution in [0.1, 0.15) is 26.2 Å². The van der Waals surface area contributed by atoms with Crippen LogP contribution in [-0.4, -0.2) is 35.6 Å². The van der Waals surface area contributed by atoms with E-state index in [-0.39, 0.29) is 12.3 Å². The highest BCUT2D eigenvalue weighted by molar-refractivity contribution is 5.76. The van der Waals surface area contributed by atoms with Crippen LogP contribution in [0.2, 0.25) is 0 Å². The standard InChI is InChI=1S/C9H16N2O3/c1-7(12)11-9(6-8(13)14)2-4-10-5-3-9/h10H,2-6H2,1H3,(H,11,12)(H,13,14). The SMILES string of the molecule is CC(=O)NC1(CC(=O)O)CCNCC1. The second kappa shape index (κ2) is 4.41. The number of carboxylic acids is 1. The summed E-state index contributed by atoms with van der Waals surface area (Å²) in [7, 11) is 0. The number of hydrogen-bond donors (Lipinski definition) is 3. The highest BCUT2D eigenvalue weighted by Gasteiger charge is 2.34. The fourth-order valence-corrected chi connectivity index (χ4v) is 1.91. The van der Waals surface area contributed by atoms with E-state index in [2.05, 4.69) is 10.6 Å². The summed E-state index contributed by atoms with van der Waals surface area (Å²) in [6.07, 6.45) is 1.37. The largest absolute Gasteiger partial charge is 0.481 e. The molecule has 1 aliphatic rings. The molecule has 1 aliphatic heterocycles. The van der Waals surface area contributed by atoms with Gasteiger partial charge in [-0.05, 0) is 25.9 Å². The molecule has 0 spiro atoms. The molecule has 0 atom stereocenters. The molecule has 1 heterocycles. The van der Waals surface area contributed by atoms with Crippen LogP contribution in [0, 0.1) is 0 Å². The van der Waals surface area contributed by atoms with Gasteiger partial charge in [0.25, 0.3) is 0 Å². The van der Waals surface area contributed by atoms with Gasteiger partial charge in [0.2, 0.25) is 5.91 Å². The average molecular weight is 200 g/mol. The van der Waals surface area contributed by atoms with Gasteiger partial charge in [-0.25, -0.2) is 0 Å². The van der Waals surface area contributed by atoms with Crippen LogP contribution < -0.4 is 10.6 Å². The Morgan fingerprint density at radius 3 is 2.43 bits per heavy atom. The molecule has 0 unspecified atom stereocenters. The van der Waals surface area contributed by atoms with E-state index in [1.165, 1.54) is 6.92 Å². The number of amides is 1. The quantitative estimate of drug-likeness (QED) is 0.585. The molecule has 0 radical (unpaired) electrons. The minimum Gasteiger partial charge on any atom is -0.481 e. The van der Waals surface area contributed by atoms with E-state index >= 15 is 0 Å². The molecule has 1 fully saturated rings. The zero-order valence-electron chi connectivity index (χ0n) is 8.30. The molecular weight excluding hydrogens is 184 g/mol. The van der Waals surface area contributed by atoms with Crippen LogP contribution in [0.25, 0.3) is 0 Å². The molecule has 1 rings (SSSR count). The summed E-state index contributed by atoms with van der Waals surface area (Å²) in [6.45, 7) is 2.94. The Balaban J connectivity index is 2.66. The Labute approximate surface area is 82.9 Å². The lowest BCUT2D eigenvalue weighted by molar-refractivity contribution is -0.139. The summed E-state index contributed by atoms with van der Waals surface area (Å²) >= 11 is 0. The first-order chi connectivity index (χ1) is 6.54. The van der Waals surface area contributed by atoms with Crippen LogP contribution in [0.15, 0.2) is 0 Å². The molecule has 80 valence electrons. The van der Waals surface area contributed by atoms with Crippen LogP contribution >= 0.6 is 0 Å². The first kappa shape index (κ1) is 11.0. The first-order valence-corrected chi connectivity index (χ1v) is 4.75. The molecule has 0 aliphatic carbocycles. The molecule has 3 N–H and O–H groups in total. The van der Waals surface area contributed by atoms with E-state index in [0.717, 1.165) is 13.1 Å². The van der Waals surface area contributed by atoms with Gasteiger partial charge < -0.3 is 15.7 Å². The summed E-state index contributed by atoms with van der Waals surface area (Å²) in [5, 5.41) is 14.7. The summed E-state index contributed by atoms with van der Waals surface area (Å²) in [6, 6.07) is 0. The number of carbonyl (C=O) groups excluding carboxylic acids is 1. The third-order valence-electron chi connectivity index (χ3n) is 2.49. The Hall–Kier alpha value is -1.10. The van der Waals surface area contributed by atoms with Crippen molar-refractivity contribution in [3.05, 3.63) is 0 Å². The van der Waals surface area contributed by atoms with Gasteiger partial charge in [0.1, 0.15) is 0 Å². The number of aliphatic carboxylic acids is 1. The normalized spacial score (nSPS) is 20.1. The molecule has 0 aromatic rings. The van der Waals surface area contributed by atoms with Gasteiger partial charge in [-0.3, -0.25) is 9.59 Å². The van der Waals surface area contributed by atoms with Crippen molar-refractivity contribution >= 4 is 11.9 Å². The Bertz CT molecular complexity index is 216. The molecule has 1 amide bonds. The highest BCUT2D eigenvalue weighted by Crippen LogP contribution is 2.22. The zero-order valence-corrected chi connectivity index (χ0v) is 8.30. The monoisotopic (exact) mass is 200 g/mol. The minimum atomic E-state index is -0.861. The summed E-state index contributed by atoms with van der Waals surface area (Å²) < 4.78 is 0. The Morgan fingerprint density at radius 2 is 2.00 bits per heavy atom. The van der Waals surface area contributed by atoms with Gasteiger partial charge in [0.05, 0.1) is 12.0 Å². The molecule has 1 saturated heterocycles. The summed E-state index contributed by atoms with van der Waals surface area (Å²) in [5.41, 5.74) is -0.539. The first-order valence-electron chi connectivity index (χ1n) is 4.75. The maximum absolute atomic E-state index is 11.0. The van der Waals surface area contributed by atoms with E-state index in [0.29, 0.717) is 12.8 Å². The second-order valence-corrected chi connectivity index (χ2v) is 3.78. The average Bonchev–Trinajstić information content (AvgIpc) is 2.01. The number of nitrogens with one attached hydrogen (secondary N) is 2. The van der Waals surface area contributed by atoms with Gasteiger partial charge >= 0.3 is 5.97 Å². The number of carboxylic acid groups (broad SMARTS) is 1. The molecule has 5 heteroatoms. The van der Waals surface area contributed by atoms with E-state index in [4.69, 9.17) is 5.11 Å². The van der Waals surface area contributed by atoms with Crippen molar-refractivity contribution in [2.24, 2.45) is 0 Å². The maximum Gasteiger partial charge on any atom is 0.305 e. The maximum atomic E-state index is 11.0. The summed E-state index contributed by atoms with van der Waals surface area (Å²) in [4.78, 5) is 21.7. The molecule has 5 nitrogen and oxygen atoms in total. The van der Waals surface area contributed by atoms with Crippen molar-refractivity contribution in [2.75, 3.05) is 13.1 Å². The molecule has 0 saturated carbocycles. The summed E-state index contributed by atoms with van der Waals surface area (Å²) in [5.74, 6) is -1.02. The fraction of sp³-hybridized carbons (Fsp3) is 0.778. The Kier molecular flexibility index (Phi) is 3.46. The van der Waals surface area contributed by atoms with Crippen molar-refractivity contribution in [3.8, 4) is 0 Å². The van der Waals surface area contributed by atoms with Crippen LogP contribution in [0.5, 0.6) is 0 Å². The van der Waals surface area contributed by atoms with Gasteiger partial charge in [-0.1, -0.05) is 0 Å². The van der Waals surface area contributed by atoms with Gasteiger partial charge in [-0.2, -0.15) is 0 Å². The number of rotatable bonds is 3. The second-order valence-electron chi connectivity index (χ2n) is 3.78. The topological polar surface area (TPSA) is 78.4 Å². The molecule has 0 aromatic carbocycles. The fourth-order valence-electron chi connectivity index (χ4n) is 1.91. The van der Waals surface area contributed by atoms with Gasteiger partial charge in [-0.15, -0.1) is 0 Å². The predicted molar refractivity (Wildman–Crippen MR) is 50.9 cm³/mol. The molecule has 14 heavy (non-hydrogen) atoms. The minimum absolute atomic E-state index is 0.00819. The van der Waals surface area contributed by atoms with Crippen molar-refractivity contribution in [3.63, 3.8) is 0 Å². The lowest BCUT2D eigenvalue weighted by atomic mass is 9.85.